The largest absolute Gasteiger partial charge is 0.495 e. The van der Waals surface area contributed by atoms with Crippen molar-refractivity contribution in [3.63, 3.8) is 0 Å². The molecule has 3 aromatic carbocycles. The maximum atomic E-state index is 12.5. The van der Waals surface area contributed by atoms with Gasteiger partial charge < -0.3 is 29.2 Å². The molecule has 1 N–H and O–H groups in total. The van der Waals surface area contributed by atoms with Crippen LogP contribution in [0.5, 0.6) is 17.2 Å². The van der Waals surface area contributed by atoms with Gasteiger partial charge in [0.15, 0.2) is 11.5 Å². The van der Waals surface area contributed by atoms with Crippen LogP contribution in [0.2, 0.25) is 10.0 Å². The van der Waals surface area contributed by atoms with Gasteiger partial charge in [-0.05, 0) is 30.7 Å². The number of halogens is 2. The summed E-state index contributed by atoms with van der Waals surface area (Å²) in [7, 11) is 3.09. The number of anilines is 2. The summed E-state index contributed by atoms with van der Waals surface area (Å²) in [6, 6.07) is 16.0. The number of aromatic nitrogens is 1. The Hall–Kier alpha value is -4.64. The summed E-state index contributed by atoms with van der Waals surface area (Å²) in [6.45, 7) is 7.03. The zero-order valence-electron chi connectivity index (χ0n) is 28.4. The first-order chi connectivity index (χ1) is 24.8. The minimum absolute atomic E-state index is 0.250. The molecule has 0 unspecified atom stereocenters. The number of piperazine rings is 1. The van der Waals surface area contributed by atoms with Crippen LogP contribution < -0.4 is 19.5 Å². The number of imide groups is 1. The van der Waals surface area contributed by atoms with Crippen LogP contribution in [0.4, 0.5) is 11.4 Å². The van der Waals surface area contributed by atoms with E-state index in [4.69, 9.17) is 42.1 Å². The fraction of sp³-hybridized carbons (Fsp3) is 0.351. The second kappa shape index (κ2) is 16.6. The third-order valence-corrected chi connectivity index (χ3v) is 9.61. The fourth-order valence-corrected chi connectivity index (χ4v) is 6.72. The summed E-state index contributed by atoms with van der Waals surface area (Å²) in [4.78, 5) is 35.6. The number of pyridine rings is 1. The molecule has 2 amide bonds. The van der Waals surface area contributed by atoms with E-state index in [-0.39, 0.29) is 18.4 Å². The summed E-state index contributed by atoms with van der Waals surface area (Å²) in [6.07, 6.45) is 2.33. The molecule has 4 aromatic rings. The summed E-state index contributed by atoms with van der Waals surface area (Å²) >= 11 is 12.7. The van der Waals surface area contributed by atoms with Crippen LogP contribution in [0.15, 0.2) is 54.7 Å². The molecule has 1 aromatic heterocycles. The van der Waals surface area contributed by atoms with Crippen molar-refractivity contribution in [2.24, 2.45) is 0 Å². The number of carbonyl (C=O) groups excluding carboxylic acids is 2. The first-order valence-corrected chi connectivity index (χ1v) is 17.4. The molecule has 0 atom stereocenters. The Labute approximate surface area is 306 Å². The Morgan fingerprint density at radius 3 is 2.16 bits per heavy atom. The van der Waals surface area contributed by atoms with Crippen molar-refractivity contribution >= 4 is 57.3 Å². The number of methoxy groups -OCH3 is 2. The van der Waals surface area contributed by atoms with Crippen molar-refractivity contribution < 1.29 is 28.5 Å². The van der Waals surface area contributed by atoms with E-state index in [1.807, 2.05) is 6.07 Å². The SMILES string of the molecule is COc1cc(Nc2c(C#N)cnc3cc(OCCCN4CCN(CCOCCN5C(=O)c6ccccc6C5=O)CC4)c(OC)cc23)c(Cl)cc1Cl. The molecule has 1 fully saturated rings. The van der Waals surface area contributed by atoms with E-state index in [9.17, 15) is 14.9 Å². The summed E-state index contributed by atoms with van der Waals surface area (Å²) in [5.74, 6) is 1.01. The van der Waals surface area contributed by atoms with Gasteiger partial charge in [-0.1, -0.05) is 35.3 Å². The van der Waals surface area contributed by atoms with Crippen molar-refractivity contribution in [1.29, 1.82) is 5.26 Å². The smallest absolute Gasteiger partial charge is 0.261 e. The van der Waals surface area contributed by atoms with Crippen LogP contribution in [0, 0.1) is 11.3 Å². The summed E-state index contributed by atoms with van der Waals surface area (Å²) in [5.41, 5.74) is 2.90. The number of carbonyl (C=O) groups is 2. The number of fused-ring (bicyclic) bond motifs is 2. The topological polar surface area (TPSA) is 129 Å². The quantitative estimate of drug-likeness (QED) is 0.116. The third kappa shape index (κ3) is 8.14. The highest BCUT2D eigenvalue weighted by Gasteiger charge is 2.34. The Balaban J connectivity index is 0.948. The lowest BCUT2D eigenvalue weighted by atomic mass is 10.1. The summed E-state index contributed by atoms with van der Waals surface area (Å²) < 4.78 is 23.0. The van der Waals surface area contributed by atoms with Gasteiger partial charge in [-0.2, -0.15) is 5.26 Å². The molecule has 0 aliphatic carbocycles. The number of amides is 2. The highest BCUT2D eigenvalue weighted by molar-refractivity contribution is 6.37. The fourth-order valence-electron chi connectivity index (χ4n) is 6.21. The van der Waals surface area contributed by atoms with Crippen LogP contribution in [-0.4, -0.2) is 111 Å². The molecule has 6 rings (SSSR count). The van der Waals surface area contributed by atoms with E-state index in [1.54, 1.807) is 49.6 Å². The standard InChI is InChI=1S/C37H38Cl2N6O6/c1-48-32-21-31(28(38)19-29(32)39)42-35-24(22-40)23-41-30-20-34(33(49-2)18-27(30)35)51-15-5-8-43-9-11-44(12-10-43)13-16-50-17-14-45-36(46)25-6-3-4-7-26(25)37(45)47/h3-4,6-7,18-21,23H,5,8-17H2,1-2H3,(H,41,42). The highest BCUT2D eigenvalue weighted by atomic mass is 35.5. The van der Waals surface area contributed by atoms with Gasteiger partial charge in [0.2, 0.25) is 0 Å². The van der Waals surface area contributed by atoms with Crippen LogP contribution in [0.25, 0.3) is 10.9 Å². The van der Waals surface area contributed by atoms with Crippen molar-refractivity contribution in [2.45, 2.75) is 6.42 Å². The van der Waals surface area contributed by atoms with Gasteiger partial charge in [-0.3, -0.25) is 24.4 Å². The lowest BCUT2D eigenvalue weighted by Gasteiger charge is -2.34. The molecule has 2 aliphatic rings. The highest BCUT2D eigenvalue weighted by Crippen LogP contribution is 2.40. The molecular weight excluding hydrogens is 695 g/mol. The van der Waals surface area contributed by atoms with Crippen molar-refractivity contribution in [1.82, 2.24) is 19.7 Å². The number of hydrogen-bond donors (Lipinski definition) is 1. The molecule has 266 valence electrons. The number of benzene rings is 3. The molecule has 0 spiro atoms. The molecule has 12 nitrogen and oxygen atoms in total. The van der Waals surface area contributed by atoms with Gasteiger partial charge in [-0.25, -0.2) is 0 Å². The molecule has 1 saturated heterocycles. The molecule has 0 saturated carbocycles. The second-order valence-electron chi connectivity index (χ2n) is 12.1. The van der Waals surface area contributed by atoms with E-state index in [2.05, 4.69) is 26.2 Å². The normalized spacial score (nSPS) is 14.8. The van der Waals surface area contributed by atoms with E-state index < -0.39 is 0 Å². The molecule has 0 bridgehead atoms. The number of rotatable bonds is 15. The molecule has 51 heavy (non-hydrogen) atoms. The van der Waals surface area contributed by atoms with Crippen LogP contribution in [0.1, 0.15) is 32.7 Å². The van der Waals surface area contributed by atoms with Gasteiger partial charge in [0.1, 0.15) is 11.8 Å². The Morgan fingerprint density at radius 1 is 0.824 bits per heavy atom. The zero-order chi connectivity index (χ0) is 35.9. The maximum absolute atomic E-state index is 12.5. The van der Waals surface area contributed by atoms with Gasteiger partial charge in [-0.15, -0.1) is 0 Å². The van der Waals surface area contributed by atoms with Crippen molar-refractivity contribution in [3.8, 4) is 23.3 Å². The molecule has 2 aliphatic heterocycles. The Kier molecular flexibility index (Phi) is 11.8. The number of nitrogens with one attached hydrogen (secondary N) is 1. The Bertz CT molecular complexity index is 1930. The van der Waals surface area contributed by atoms with Gasteiger partial charge in [0, 0.05) is 63.0 Å². The lowest BCUT2D eigenvalue weighted by Crippen LogP contribution is -2.47. The lowest BCUT2D eigenvalue weighted by molar-refractivity contribution is 0.0492. The van der Waals surface area contributed by atoms with E-state index in [0.29, 0.717) is 86.1 Å². The number of hydrogen-bond acceptors (Lipinski definition) is 11. The maximum Gasteiger partial charge on any atom is 0.261 e. The molecule has 14 heteroatoms. The van der Waals surface area contributed by atoms with Gasteiger partial charge >= 0.3 is 0 Å². The predicted octanol–water partition coefficient (Wildman–Crippen LogP) is 5.87. The van der Waals surface area contributed by atoms with E-state index in [0.717, 1.165) is 45.7 Å². The van der Waals surface area contributed by atoms with Crippen molar-refractivity contribution in [3.05, 3.63) is 81.5 Å². The number of nitriles is 1. The van der Waals surface area contributed by atoms with Crippen LogP contribution in [0.3, 0.4) is 0 Å². The predicted molar refractivity (Wildman–Crippen MR) is 195 cm³/mol. The molecule has 3 heterocycles. The molecular formula is C37H38Cl2N6O6. The average Bonchev–Trinajstić information content (AvgIpc) is 3.39. The van der Waals surface area contributed by atoms with Gasteiger partial charge in [0.25, 0.3) is 11.8 Å². The third-order valence-electron chi connectivity index (χ3n) is 9.01. The molecule has 0 radical (unpaired) electrons. The Morgan fingerprint density at radius 2 is 1.49 bits per heavy atom. The monoisotopic (exact) mass is 732 g/mol. The summed E-state index contributed by atoms with van der Waals surface area (Å²) in [5, 5.41) is 14.5. The minimum atomic E-state index is -0.255. The first-order valence-electron chi connectivity index (χ1n) is 16.6. The van der Waals surface area contributed by atoms with Crippen molar-refractivity contribution in [2.75, 3.05) is 85.2 Å². The number of nitrogens with zero attached hydrogens (tertiary/aromatic N) is 5. The van der Waals surface area contributed by atoms with Gasteiger partial charge in [0.05, 0.1) is 84.2 Å². The van der Waals surface area contributed by atoms with E-state index >= 15 is 0 Å². The van der Waals surface area contributed by atoms with E-state index in [1.165, 1.54) is 18.2 Å². The van der Waals surface area contributed by atoms with Crippen LogP contribution in [-0.2, 0) is 4.74 Å². The van der Waals surface area contributed by atoms with Crippen LogP contribution >= 0.6 is 23.2 Å². The number of ether oxygens (including phenoxy) is 4. The first kappa shape index (κ1) is 36.2. The zero-order valence-corrected chi connectivity index (χ0v) is 29.9. The average molecular weight is 734 g/mol. The minimum Gasteiger partial charge on any atom is -0.495 e. The second-order valence-corrected chi connectivity index (χ2v) is 12.9.